The molecule has 27 heavy (non-hydrogen) atoms. The van der Waals surface area contributed by atoms with Gasteiger partial charge in [-0.3, -0.25) is 9.78 Å². The number of pyridine rings is 2. The third-order valence-corrected chi connectivity index (χ3v) is 5.59. The fraction of sp³-hybridized carbons (Fsp3) is 0.158. The molecule has 0 fully saturated rings. The molecule has 4 rings (SSSR count). The fourth-order valence-electron chi connectivity index (χ4n) is 2.45. The number of aldehydes is 1. The Balaban J connectivity index is 0.000000614. The van der Waals surface area contributed by atoms with Crippen molar-refractivity contribution in [2.75, 3.05) is 13.3 Å². The summed E-state index contributed by atoms with van der Waals surface area (Å²) in [6.45, 7) is 1.97. The van der Waals surface area contributed by atoms with E-state index >= 15 is 0 Å². The van der Waals surface area contributed by atoms with Crippen LogP contribution in [-0.4, -0.2) is 34.5 Å². The van der Waals surface area contributed by atoms with Gasteiger partial charge in [-0.05, 0) is 49.9 Å². The van der Waals surface area contributed by atoms with E-state index in [1.807, 2.05) is 36.6 Å². The van der Waals surface area contributed by atoms with Crippen LogP contribution < -0.4 is 5.73 Å². The normalized spacial score (nSPS) is 9.81. The number of aromatic nitrogens is 3. The van der Waals surface area contributed by atoms with Gasteiger partial charge in [-0.1, -0.05) is 0 Å². The van der Waals surface area contributed by atoms with Crippen LogP contribution in [0.5, 0.6) is 0 Å². The van der Waals surface area contributed by atoms with Gasteiger partial charge in [0.15, 0.2) is 6.29 Å². The van der Waals surface area contributed by atoms with Crippen molar-refractivity contribution >= 4 is 51.7 Å². The molecule has 0 aromatic carbocycles. The Kier molecular flexibility index (Phi) is 8.05. The number of fused-ring (bicyclic) bond motifs is 1. The van der Waals surface area contributed by atoms with Crippen LogP contribution in [0, 0.1) is 6.92 Å². The summed E-state index contributed by atoms with van der Waals surface area (Å²) in [6.07, 6.45) is 6.04. The smallest absolute Gasteiger partial charge is 0.168 e. The molecule has 4 aromatic rings. The number of carbonyl (C=O) groups is 1. The number of nitrogens with zero attached hydrogens (tertiary/aromatic N) is 3. The summed E-state index contributed by atoms with van der Waals surface area (Å²) < 4.78 is 1.06. The Morgan fingerprint density at radius 3 is 2.63 bits per heavy atom. The predicted molar refractivity (Wildman–Crippen MR) is 119 cm³/mol. The van der Waals surface area contributed by atoms with Gasteiger partial charge in [-0.25, -0.2) is 9.97 Å². The molecule has 0 radical (unpaired) electrons. The molecule has 140 valence electrons. The van der Waals surface area contributed by atoms with Gasteiger partial charge in [0, 0.05) is 28.0 Å². The quantitative estimate of drug-likeness (QED) is 0.373. The van der Waals surface area contributed by atoms with Gasteiger partial charge < -0.3 is 5.73 Å². The first kappa shape index (κ1) is 21.2. The Labute approximate surface area is 171 Å². The van der Waals surface area contributed by atoms with E-state index in [1.54, 1.807) is 41.3 Å². The minimum atomic E-state index is 0.450. The third-order valence-electron chi connectivity index (χ3n) is 3.51. The van der Waals surface area contributed by atoms with E-state index in [0.717, 1.165) is 43.2 Å². The van der Waals surface area contributed by atoms with Crippen LogP contribution in [0.4, 0.5) is 0 Å². The van der Waals surface area contributed by atoms with Crippen molar-refractivity contribution < 1.29 is 4.79 Å². The highest BCUT2D eigenvalue weighted by Crippen LogP contribution is 2.38. The number of thiazole rings is 1. The fourth-order valence-corrected chi connectivity index (χ4v) is 4.34. The highest BCUT2D eigenvalue weighted by molar-refractivity contribution is 7.79. The van der Waals surface area contributed by atoms with E-state index in [1.165, 1.54) is 7.05 Å². The number of thiophene rings is 1. The first-order chi connectivity index (χ1) is 13.3. The number of aryl methyl sites for hydroxylation is 1. The Bertz CT molecular complexity index is 1010. The van der Waals surface area contributed by atoms with Crippen LogP contribution in [0.3, 0.4) is 0 Å². The monoisotopic (exact) mass is 416 g/mol. The molecule has 0 unspecified atom stereocenters. The van der Waals surface area contributed by atoms with Gasteiger partial charge in [-0.2, -0.15) is 12.6 Å². The Morgan fingerprint density at radius 1 is 1.19 bits per heavy atom. The standard InChI is InChI=1S/C17H11N3OS2.CH5N.CH4S/c1-10-16(23-17(19-10)11-3-2-5-18-8-11)15-13-4-6-22-14(13)7-12(9-21)20-15;2*1-2/h2-9H,1H3;2H2,1H3;2H,1H3. The number of carbonyl (C=O) groups excluding carboxylic acids is 1. The summed E-state index contributed by atoms with van der Waals surface area (Å²) in [4.78, 5) is 25.5. The van der Waals surface area contributed by atoms with Crippen molar-refractivity contribution in [3.05, 3.63) is 53.4 Å². The molecular weight excluding hydrogens is 396 g/mol. The molecule has 0 saturated heterocycles. The number of thiol groups is 1. The molecule has 0 saturated carbocycles. The zero-order chi connectivity index (χ0) is 19.8. The largest absolute Gasteiger partial charge is 0.333 e. The second-order valence-electron chi connectivity index (χ2n) is 5.02. The first-order valence-corrected chi connectivity index (χ1v) is 10.6. The topological polar surface area (TPSA) is 81.8 Å². The number of hydrogen-bond donors (Lipinski definition) is 2. The second-order valence-corrected chi connectivity index (χ2v) is 6.97. The van der Waals surface area contributed by atoms with Crippen LogP contribution >= 0.6 is 35.3 Å². The van der Waals surface area contributed by atoms with Crippen LogP contribution in [-0.2, 0) is 0 Å². The van der Waals surface area contributed by atoms with E-state index < -0.39 is 0 Å². The molecule has 0 atom stereocenters. The average molecular weight is 417 g/mol. The van der Waals surface area contributed by atoms with Crippen LogP contribution in [0.25, 0.3) is 31.2 Å². The lowest BCUT2D eigenvalue weighted by molar-refractivity contribution is 0.111. The van der Waals surface area contributed by atoms with E-state index in [2.05, 4.69) is 33.3 Å². The molecule has 0 bridgehead atoms. The van der Waals surface area contributed by atoms with Gasteiger partial charge >= 0.3 is 0 Å². The minimum absolute atomic E-state index is 0.450. The summed E-state index contributed by atoms with van der Waals surface area (Å²) in [6, 6.07) is 7.76. The van der Waals surface area contributed by atoms with Crippen molar-refractivity contribution in [3.8, 4) is 21.1 Å². The molecule has 8 heteroatoms. The van der Waals surface area contributed by atoms with Crippen molar-refractivity contribution in [1.82, 2.24) is 15.0 Å². The molecule has 5 nitrogen and oxygen atoms in total. The lowest BCUT2D eigenvalue weighted by Crippen LogP contribution is -1.90. The molecule has 0 amide bonds. The summed E-state index contributed by atoms with van der Waals surface area (Å²) in [5.41, 5.74) is 7.68. The highest BCUT2D eigenvalue weighted by atomic mass is 32.1. The van der Waals surface area contributed by atoms with Crippen molar-refractivity contribution in [2.45, 2.75) is 6.92 Å². The van der Waals surface area contributed by atoms with Crippen LogP contribution in [0.2, 0.25) is 0 Å². The molecule has 4 aromatic heterocycles. The lowest BCUT2D eigenvalue weighted by atomic mass is 10.2. The number of nitrogens with two attached hydrogens (primary N) is 1. The van der Waals surface area contributed by atoms with Gasteiger partial charge in [0.05, 0.1) is 16.3 Å². The third kappa shape index (κ3) is 4.59. The lowest BCUT2D eigenvalue weighted by Gasteiger charge is -2.02. The summed E-state index contributed by atoms with van der Waals surface area (Å²) in [7, 11) is 1.50. The van der Waals surface area contributed by atoms with Gasteiger partial charge in [-0.15, -0.1) is 22.7 Å². The van der Waals surface area contributed by atoms with Crippen LogP contribution in [0.15, 0.2) is 42.0 Å². The molecule has 4 heterocycles. The maximum atomic E-state index is 11.2. The van der Waals surface area contributed by atoms with Crippen LogP contribution in [0.1, 0.15) is 16.2 Å². The summed E-state index contributed by atoms with van der Waals surface area (Å²) in [5.74, 6) is 0. The van der Waals surface area contributed by atoms with Crippen molar-refractivity contribution in [3.63, 3.8) is 0 Å². The SMILES string of the molecule is CN.CS.Cc1nc(-c2cccnc2)sc1-c1nc(C=O)cc2sccc12. The molecule has 2 N–H and O–H groups in total. The molecular formula is C19H20N4OS3. The molecule has 0 aliphatic heterocycles. The zero-order valence-electron chi connectivity index (χ0n) is 15.2. The Morgan fingerprint density at radius 2 is 1.96 bits per heavy atom. The van der Waals surface area contributed by atoms with Gasteiger partial charge in [0.1, 0.15) is 10.7 Å². The second kappa shape index (κ2) is 10.3. The van der Waals surface area contributed by atoms with Gasteiger partial charge in [0.25, 0.3) is 0 Å². The zero-order valence-corrected chi connectivity index (χ0v) is 17.7. The van der Waals surface area contributed by atoms with E-state index in [4.69, 9.17) is 0 Å². The summed E-state index contributed by atoms with van der Waals surface area (Å²) >= 11 is 6.72. The average Bonchev–Trinajstić information content (AvgIpc) is 3.37. The molecule has 0 spiro atoms. The van der Waals surface area contributed by atoms with E-state index in [0.29, 0.717) is 5.69 Å². The van der Waals surface area contributed by atoms with Crippen molar-refractivity contribution in [2.24, 2.45) is 5.73 Å². The maximum absolute atomic E-state index is 11.2. The summed E-state index contributed by atoms with van der Waals surface area (Å²) in [5, 5.41) is 3.99. The van der Waals surface area contributed by atoms with Gasteiger partial charge in [0.2, 0.25) is 0 Å². The number of hydrogen-bond acceptors (Lipinski definition) is 8. The maximum Gasteiger partial charge on any atom is 0.168 e. The molecule has 0 aliphatic rings. The first-order valence-electron chi connectivity index (χ1n) is 8.00. The number of rotatable bonds is 3. The predicted octanol–water partition coefficient (Wildman–Crippen LogP) is 4.72. The minimum Gasteiger partial charge on any atom is -0.333 e. The van der Waals surface area contributed by atoms with E-state index in [-0.39, 0.29) is 0 Å². The van der Waals surface area contributed by atoms with Crippen molar-refractivity contribution in [1.29, 1.82) is 0 Å². The van der Waals surface area contributed by atoms with E-state index in [9.17, 15) is 4.79 Å². The molecule has 0 aliphatic carbocycles. The Hall–Kier alpha value is -2.13. The highest BCUT2D eigenvalue weighted by Gasteiger charge is 2.16.